The Labute approximate surface area is 203 Å². The monoisotopic (exact) mass is 477 g/mol. The van der Waals surface area contributed by atoms with E-state index in [9.17, 15) is 18.8 Å². The molecule has 0 bridgehead atoms. The van der Waals surface area contributed by atoms with Gasteiger partial charge in [-0.3, -0.25) is 14.4 Å². The van der Waals surface area contributed by atoms with E-state index in [1.54, 1.807) is 12.1 Å². The van der Waals surface area contributed by atoms with Crippen molar-refractivity contribution in [3.63, 3.8) is 0 Å². The van der Waals surface area contributed by atoms with E-state index < -0.39 is 29.6 Å². The van der Waals surface area contributed by atoms with Crippen LogP contribution in [-0.2, 0) is 16.1 Å². The van der Waals surface area contributed by atoms with Crippen LogP contribution in [0.3, 0.4) is 0 Å². The van der Waals surface area contributed by atoms with Crippen LogP contribution >= 0.6 is 0 Å². The van der Waals surface area contributed by atoms with Gasteiger partial charge < -0.3 is 20.0 Å². The minimum atomic E-state index is -1.20. The molecule has 2 N–H and O–H groups in total. The lowest BCUT2D eigenvalue weighted by Gasteiger charge is -2.32. The van der Waals surface area contributed by atoms with E-state index in [4.69, 9.17) is 4.42 Å². The highest BCUT2D eigenvalue weighted by molar-refractivity contribution is 5.95. The van der Waals surface area contributed by atoms with Crippen molar-refractivity contribution in [2.24, 2.45) is 0 Å². The van der Waals surface area contributed by atoms with Gasteiger partial charge in [-0.05, 0) is 36.6 Å². The number of hydrogen-bond acceptors (Lipinski definition) is 4. The third-order valence-corrected chi connectivity index (χ3v) is 6.12. The highest BCUT2D eigenvalue weighted by Crippen LogP contribution is 2.27. The molecule has 0 saturated heterocycles. The van der Waals surface area contributed by atoms with Gasteiger partial charge in [-0.2, -0.15) is 0 Å². The van der Waals surface area contributed by atoms with Gasteiger partial charge in [-0.15, -0.1) is 0 Å². The van der Waals surface area contributed by atoms with E-state index in [2.05, 4.69) is 10.6 Å². The highest BCUT2D eigenvalue weighted by atomic mass is 19.1. The zero-order valence-corrected chi connectivity index (χ0v) is 19.3. The van der Waals surface area contributed by atoms with E-state index in [1.165, 1.54) is 35.4 Å². The van der Waals surface area contributed by atoms with Gasteiger partial charge >= 0.3 is 0 Å². The van der Waals surface area contributed by atoms with Crippen molar-refractivity contribution in [1.82, 2.24) is 15.5 Å². The average Bonchev–Trinajstić information content (AvgIpc) is 3.58. The number of furan rings is 1. The van der Waals surface area contributed by atoms with Gasteiger partial charge in [-0.25, -0.2) is 4.39 Å². The largest absolute Gasteiger partial charge is 0.459 e. The van der Waals surface area contributed by atoms with Gasteiger partial charge in [0.25, 0.3) is 5.91 Å². The molecule has 35 heavy (non-hydrogen) atoms. The SMILES string of the molecule is O=C(NCC(=O)N(Cc1ccccc1)C(C(=O)NC1CCCC1)c1ccccc1F)c1ccco1. The molecule has 3 aromatic rings. The van der Waals surface area contributed by atoms with Gasteiger partial charge in [0, 0.05) is 18.2 Å². The topological polar surface area (TPSA) is 91.7 Å². The molecule has 2 aromatic carbocycles. The number of carbonyl (C=O) groups excluding carboxylic acids is 3. The molecular formula is C27H28FN3O4. The predicted molar refractivity (Wildman–Crippen MR) is 128 cm³/mol. The smallest absolute Gasteiger partial charge is 0.287 e. The first-order chi connectivity index (χ1) is 17.0. The van der Waals surface area contributed by atoms with Crippen LogP contribution in [0.25, 0.3) is 0 Å². The summed E-state index contributed by atoms with van der Waals surface area (Å²) in [6.45, 7) is -0.318. The molecule has 182 valence electrons. The Morgan fingerprint density at radius 1 is 0.971 bits per heavy atom. The first kappa shape index (κ1) is 24.2. The summed E-state index contributed by atoms with van der Waals surface area (Å²) in [7, 11) is 0. The molecule has 0 radical (unpaired) electrons. The summed E-state index contributed by atoms with van der Waals surface area (Å²) in [5.41, 5.74) is 0.873. The molecule has 0 aliphatic heterocycles. The fourth-order valence-electron chi connectivity index (χ4n) is 4.35. The van der Waals surface area contributed by atoms with Crippen molar-refractivity contribution >= 4 is 17.7 Å². The normalized spacial score (nSPS) is 14.3. The van der Waals surface area contributed by atoms with Gasteiger partial charge in [0.2, 0.25) is 11.8 Å². The van der Waals surface area contributed by atoms with E-state index >= 15 is 0 Å². The number of nitrogens with one attached hydrogen (secondary N) is 2. The maximum absolute atomic E-state index is 15.0. The van der Waals surface area contributed by atoms with Crippen molar-refractivity contribution in [2.75, 3.05) is 6.54 Å². The highest BCUT2D eigenvalue weighted by Gasteiger charge is 2.35. The first-order valence-corrected chi connectivity index (χ1v) is 11.7. The molecule has 1 aromatic heterocycles. The van der Waals surface area contributed by atoms with Crippen LogP contribution in [-0.4, -0.2) is 35.2 Å². The van der Waals surface area contributed by atoms with E-state index in [-0.39, 0.29) is 30.5 Å². The van der Waals surface area contributed by atoms with Gasteiger partial charge in [0.1, 0.15) is 11.9 Å². The van der Waals surface area contributed by atoms with Crippen LogP contribution in [0.5, 0.6) is 0 Å². The number of carbonyl (C=O) groups is 3. The predicted octanol–water partition coefficient (Wildman–Crippen LogP) is 3.98. The molecule has 4 rings (SSSR count). The Kier molecular flexibility index (Phi) is 7.92. The third kappa shape index (κ3) is 6.15. The zero-order chi connectivity index (χ0) is 24.6. The Hall–Kier alpha value is -3.94. The molecule has 1 aliphatic rings. The van der Waals surface area contributed by atoms with Crippen LogP contribution in [0.2, 0.25) is 0 Å². The summed E-state index contributed by atoms with van der Waals surface area (Å²) in [4.78, 5) is 40.7. The molecule has 0 spiro atoms. The molecule has 1 unspecified atom stereocenters. The Bertz CT molecular complexity index is 1140. The second kappa shape index (κ2) is 11.5. The number of nitrogens with zero attached hydrogens (tertiary/aromatic N) is 1. The van der Waals surface area contributed by atoms with Gasteiger partial charge in [-0.1, -0.05) is 61.4 Å². The van der Waals surface area contributed by atoms with Crippen LogP contribution in [0, 0.1) is 5.82 Å². The molecule has 8 heteroatoms. The summed E-state index contributed by atoms with van der Waals surface area (Å²) in [5.74, 6) is -2.03. The van der Waals surface area contributed by atoms with E-state index in [1.807, 2.05) is 30.3 Å². The van der Waals surface area contributed by atoms with Crippen LogP contribution in [0.1, 0.15) is 53.4 Å². The minimum Gasteiger partial charge on any atom is -0.459 e. The lowest BCUT2D eigenvalue weighted by molar-refractivity contribution is -0.141. The summed E-state index contributed by atoms with van der Waals surface area (Å²) in [5, 5.41) is 5.55. The van der Waals surface area contributed by atoms with Crippen LogP contribution in [0.4, 0.5) is 4.39 Å². The number of halogens is 1. The fraction of sp³-hybridized carbons (Fsp3) is 0.296. The standard InChI is InChI=1S/C27H28FN3O4/c28-22-14-7-6-13-21(22)25(27(34)30-20-11-4-5-12-20)31(18-19-9-2-1-3-10-19)24(32)17-29-26(33)23-15-8-16-35-23/h1-3,6-10,13-16,20,25H,4-5,11-12,17-18H2,(H,29,33)(H,30,34). The Balaban J connectivity index is 1.64. The number of hydrogen-bond donors (Lipinski definition) is 2. The first-order valence-electron chi connectivity index (χ1n) is 11.7. The van der Waals surface area contributed by atoms with Gasteiger partial charge in [0.15, 0.2) is 5.76 Å². The van der Waals surface area contributed by atoms with Crippen molar-refractivity contribution in [2.45, 2.75) is 44.3 Å². The molecule has 1 saturated carbocycles. The second-order valence-corrected chi connectivity index (χ2v) is 8.58. The third-order valence-electron chi connectivity index (χ3n) is 6.12. The molecule has 1 atom stereocenters. The molecular weight excluding hydrogens is 449 g/mol. The van der Waals surface area contributed by atoms with Crippen molar-refractivity contribution in [3.8, 4) is 0 Å². The Morgan fingerprint density at radius 3 is 2.37 bits per heavy atom. The molecule has 1 fully saturated rings. The van der Waals surface area contributed by atoms with Crippen LogP contribution in [0.15, 0.2) is 77.4 Å². The maximum atomic E-state index is 15.0. The minimum absolute atomic E-state index is 0.0101. The lowest BCUT2D eigenvalue weighted by atomic mass is 10.0. The molecule has 3 amide bonds. The molecule has 1 heterocycles. The number of amides is 3. The summed E-state index contributed by atoms with van der Waals surface area (Å²) < 4.78 is 20.1. The zero-order valence-electron chi connectivity index (χ0n) is 19.3. The van der Waals surface area contributed by atoms with Crippen molar-refractivity contribution in [3.05, 3.63) is 95.7 Å². The van der Waals surface area contributed by atoms with Gasteiger partial charge in [0.05, 0.1) is 12.8 Å². The fourth-order valence-corrected chi connectivity index (χ4v) is 4.35. The number of benzene rings is 2. The van der Waals surface area contributed by atoms with Crippen molar-refractivity contribution < 1.29 is 23.2 Å². The van der Waals surface area contributed by atoms with Crippen LogP contribution < -0.4 is 10.6 Å². The molecule has 7 nitrogen and oxygen atoms in total. The van der Waals surface area contributed by atoms with E-state index in [0.29, 0.717) is 0 Å². The summed E-state index contributed by atoms with van der Waals surface area (Å²) in [6.07, 6.45) is 5.09. The second-order valence-electron chi connectivity index (χ2n) is 8.58. The lowest BCUT2D eigenvalue weighted by Crippen LogP contribution is -2.48. The average molecular weight is 478 g/mol. The summed E-state index contributed by atoms with van der Waals surface area (Å²) in [6, 6.07) is 17.0. The quantitative estimate of drug-likeness (QED) is 0.488. The molecule has 1 aliphatic carbocycles. The Morgan fingerprint density at radius 2 is 1.69 bits per heavy atom. The maximum Gasteiger partial charge on any atom is 0.287 e. The number of rotatable bonds is 9. The van der Waals surface area contributed by atoms with Crippen molar-refractivity contribution in [1.29, 1.82) is 0 Å². The summed E-state index contributed by atoms with van der Waals surface area (Å²) >= 11 is 0. The van der Waals surface area contributed by atoms with E-state index in [0.717, 1.165) is 31.2 Å².